The Hall–Kier alpha value is -2.10. The molecule has 0 atom stereocenters. The molecule has 154 valence electrons. The van der Waals surface area contributed by atoms with Crippen LogP contribution in [0, 0.1) is 0 Å². The lowest BCUT2D eigenvalue weighted by molar-refractivity contribution is 0.308. The van der Waals surface area contributed by atoms with Crippen molar-refractivity contribution in [3.05, 3.63) is 52.5 Å². The SMILES string of the molecule is CCOc1c(Br)cc(CNCCCSc2nnnn2-c2ccccc2)cc1OC. The van der Waals surface area contributed by atoms with Gasteiger partial charge in [0.25, 0.3) is 0 Å². The maximum Gasteiger partial charge on any atom is 0.214 e. The molecule has 1 heterocycles. The van der Waals surface area contributed by atoms with Gasteiger partial charge < -0.3 is 14.8 Å². The molecule has 7 nitrogen and oxygen atoms in total. The largest absolute Gasteiger partial charge is 0.493 e. The number of methoxy groups -OCH3 is 1. The molecule has 0 fully saturated rings. The van der Waals surface area contributed by atoms with Crippen LogP contribution in [0.1, 0.15) is 18.9 Å². The topological polar surface area (TPSA) is 74.1 Å². The molecule has 0 unspecified atom stereocenters. The molecule has 0 amide bonds. The Morgan fingerprint density at radius 1 is 1.21 bits per heavy atom. The molecule has 0 spiro atoms. The zero-order valence-corrected chi connectivity index (χ0v) is 18.9. The Balaban J connectivity index is 1.44. The molecule has 9 heteroatoms. The predicted molar refractivity (Wildman–Crippen MR) is 118 cm³/mol. The van der Waals surface area contributed by atoms with E-state index in [0.717, 1.165) is 57.6 Å². The quantitative estimate of drug-likeness (QED) is 0.329. The van der Waals surface area contributed by atoms with E-state index in [1.165, 1.54) is 0 Å². The van der Waals surface area contributed by atoms with Crippen molar-refractivity contribution in [3.63, 3.8) is 0 Å². The molecule has 3 rings (SSSR count). The summed E-state index contributed by atoms with van der Waals surface area (Å²) in [6.07, 6.45) is 1.00. The van der Waals surface area contributed by atoms with E-state index >= 15 is 0 Å². The number of aromatic nitrogens is 4. The second-order valence-electron chi connectivity index (χ2n) is 6.13. The summed E-state index contributed by atoms with van der Waals surface area (Å²) in [6, 6.07) is 14.0. The number of benzene rings is 2. The molecule has 3 aromatic rings. The highest BCUT2D eigenvalue weighted by Gasteiger charge is 2.11. The lowest BCUT2D eigenvalue weighted by atomic mass is 10.2. The predicted octanol–water partition coefficient (Wildman–Crippen LogP) is 4.10. The van der Waals surface area contributed by atoms with Gasteiger partial charge in [-0.25, -0.2) is 0 Å². The van der Waals surface area contributed by atoms with Crippen LogP contribution in [0.3, 0.4) is 0 Å². The lowest BCUT2D eigenvalue weighted by Crippen LogP contribution is -2.15. The van der Waals surface area contributed by atoms with Crippen LogP contribution < -0.4 is 14.8 Å². The van der Waals surface area contributed by atoms with Gasteiger partial charge in [0.15, 0.2) is 11.5 Å². The number of hydrogen-bond donors (Lipinski definition) is 1. The van der Waals surface area contributed by atoms with E-state index in [2.05, 4.69) is 42.8 Å². The van der Waals surface area contributed by atoms with Gasteiger partial charge in [0, 0.05) is 12.3 Å². The monoisotopic (exact) mass is 477 g/mol. The molecule has 0 saturated heterocycles. The van der Waals surface area contributed by atoms with Gasteiger partial charge in [-0.05, 0) is 76.1 Å². The minimum Gasteiger partial charge on any atom is -0.493 e. The highest BCUT2D eigenvalue weighted by atomic mass is 79.9. The van der Waals surface area contributed by atoms with Crippen molar-refractivity contribution in [1.82, 2.24) is 25.5 Å². The van der Waals surface area contributed by atoms with Crippen molar-refractivity contribution in [2.24, 2.45) is 0 Å². The Morgan fingerprint density at radius 2 is 2.03 bits per heavy atom. The summed E-state index contributed by atoms with van der Waals surface area (Å²) in [5.74, 6) is 2.41. The second kappa shape index (κ2) is 11.2. The van der Waals surface area contributed by atoms with Crippen molar-refractivity contribution in [2.45, 2.75) is 25.0 Å². The summed E-state index contributed by atoms with van der Waals surface area (Å²) in [7, 11) is 1.65. The van der Waals surface area contributed by atoms with Crippen LogP contribution in [-0.4, -0.2) is 46.2 Å². The number of halogens is 1. The van der Waals surface area contributed by atoms with Gasteiger partial charge in [-0.1, -0.05) is 30.0 Å². The summed E-state index contributed by atoms with van der Waals surface area (Å²) in [4.78, 5) is 0. The van der Waals surface area contributed by atoms with Gasteiger partial charge in [-0.2, -0.15) is 4.68 Å². The smallest absolute Gasteiger partial charge is 0.214 e. The van der Waals surface area contributed by atoms with Crippen molar-refractivity contribution < 1.29 is 9.47 Å². The summed E-state index contributed by atoms with van der Waals surface area (Å²) in [5, 5.41) is 16.3. The van der Waals surface area contributed by atoms with E-state index in [1.807, 2.05) is 43.3 Å². The van der Waals surface area contributed by atoms with Gasteiger partial charge in [0.05, 0.1) is 23.9 Å². The van der Waals surface area contributed by atoms with Crippen molar-refractivity contribution in [1.29, 1.82) is 0 Å². The fourth-order valence-corrected chi connectivity index (χ4v) is 4.19. The standard InChI is InChI=1S/C20H24BrN5O2S/c1-3-28-19-17(21)12-15(13-18(19)27-2)14-22-10-7-11-29-20-23-24-25-26(20)16-8-5-4-6-9-16/h4-6,8-9,12-13,22H,3,7,10-11,14H2,1-2H3. The molecule has 2 aromatic carbocycles. The number of nitrogens with zero attached hydrogens (tertiary/aromatic N) is 4. The first-order chi connectivity index (χ1) is 14.2. The van der Waals surface area contributed by atoms with E-state index in [0.29, 0.717) is 6.61 Å². The molecule has 0 radical (unpaired) electrons. The van der Waals surface area contributed by atoms with E-state index in [9.17, 15) is 0 Å². The Labute approximate surface area is 183 Å². The van der Waals surface area contributed by atoms with Crippen molar-refractivity contribution in [3.8, 4) is 17.2 Å². The van der Waals surface area contributed by atoms with Gasteiger partial charge in [-0.15, -0.1) is 5.10 Å². The number of ether oxygens (including phenoxy) is 2. The van der Waals surface area contributed by atoms with E-state index < -0.39 is 0 Å². The molecular formula is C20H24BrN5O2S. The van der Waals surface area contributed by atoms with Crippen LogP contribution in [-0.2, 0) is 6.54 Å². The molecular weight excluding hydrogens is 454 g/mol. The molecule has 1 aromatic heterocycles. The maximum atomic E-state index is 5.64. The van der Waals surface area contributed by atoms with Crippen LogP contribution in [0.25, 0.3) is 5.69 Å². The van der Waals surface area contributed by atoms with Gasteiger partial charge in [0.1, 0.15) is 0 Å². The minimum absolute atomic E-state index is 0.595. The molecule has 0 saturated carbocycles. The summed E-state index contributed by atoms with van der Waals surface area (Å²) < 4.78 is 13.7. The number of thioether (sulfide) groups is 1. The third-order valence-electron chi connectivity index (χ3n) is 4.08. The summed E-state index contributed by atoms with van der Waals surface area (Å²) in [6.45, 7) is 4.20. The van der Waals surface area contributed by atoms with Crippen LogP contribution >= 0.6 is 27.7 Å². The Bertz CT molecular complexity index is 907. The molecule has 0 bridgehead atoms. The molecule has 0 aliphatic rings. The lowest BCUT2D eigenvalue weighted by Gasteiger charge is -2.13. The fraction of sp³-hybridized carbons (Fsp3) is 0.350. The molecule has 0 aliphatic heterocycles. The van der Waals surface area contributed by atoms with Gasteiger partial charge in [0.2, 0.25) is 5.16 Å². The highest BCUT2D eigenvalue weighted by Crippen LogP contribution is 2.36. The Morgan fingerprint density at radius 3 is 2.79 bits per heavy atom. The van der Waals surface area contributed by atoms with E-state index in [-0.39, 0.29) is 0 Å². The van der Waals surface area contributed by atoms with Crippen LogP contribution in [0.4, 0.5) is 0 Å². The second-order valence-corrected chi connectivity index (χ2v) is 8.05. The fourth-order valence-electron chi connectivity index (χ4n) is 2.75. The third kappa shape index (κ3) is 5.94. The summed E-state index contributed by atoms with van der Waals surface area (Å²) >= 11 is 5.22. The van der Waals surface area contributed by atoms with Crippen molar-refractivity contribution >= 4 is 27.7 Å². The Kier molecular flexibility index (Phi) is 8.33. The summed E-state index contributed by atoms with van der Waals surface area (Å²) in [5.41, 5.74) is 2.10. The average Bonchev–Trinajstić information content (AvgIpc) is 3.21. The zero-order chi connectivity index (χ0) is 20.5. The normalized spacial score (nSPS) is 10.9. The van der Waals surface area contributed by atoms with E-state index in [4.69, 9.17) is 9.47 Å². The van der Waals surface area contributed by atoms with Gasteiger partial charge >= 0.3 is 0 Å². The van der Waals surface area contributed by atoms with Crippen LogP contribution in [0.5, 0.6) is 11.5 Å². The van der Waals surface area contributed by atoms with Crippen LogP contribution in [0.15, 0.2) is 52.1 Å². The first-order valence-electron chi connectivity index (χ1n) is 9.39. The number of nitrogens with one attached hydrogen (secondary N) is 1. The first kappa shape index (κ1) is 21.6. The number of tetrazole rings is 1. The molecule has 0 aliphatic carbocycles. The average molecular weight is 478 g/mol. The minimum atomic E-state index is 0.595. The van der Waals surface area contributed by atoms with Crippen LogP contribution in [0.2, 0.25) is 0 Å². The first-order valence-corrected chi connectivity index (χ1v) is 11.2. The number of hydrogen-bond acceptors (Lipinski definition) is 7. The van der Waals surface area contributed by atoms with Crippen molar-refractivity contribution in [2.75, 3.05) is 26.0 Å². The number of para-hydroxylation sites is 1. The highest BCUT2D eigenvalue weighted by molar-refractivity contribution is 9.10. The zero-order valence-electron chi connectivity index (χ0n) is 16.5. The molecule has 29 heavy (non-hydrogen) atoms. The number of rotatable bonds is 11. The molecule has 1 N–H and O–H groups in total. The van der Waals surface area contributed by atoms with E-state index in [1.54, 1.807) is 23.6 Å². The maximum absolute atomic E-state index is 5.64. The third-order valence-corrected chi connectivity index (χ3v) is 5.67. The van der Waals surface area contributed by atoms with Gasteiger partial charge in [-0.3, -0.25) is 0 Å².